The predicted octanol–water partition coefficient (Wildman–Crippen LogP) is 3.81. The number of hydrogen-bond acceptors (Lipinski definition) is 3. The standard InChI is InChI=1S/C20H20N2O/c1-15-10-16(11-17-6-5-9-21-20(15)17)12-22-13-19(14-22)23-18-7-3-2-4-8-18/h2-11,19H,12-14H2,1H3. The second-order valence-corrected chi connectivity index (χ2v) is 6.23. The van der Waals surface area contributed by atoms with Crippen LogP contribution in [0.5, 0.6) is 5.75 Å². The van der Waals surface area contributed by atoms with Crippen LogP contribution in [-0.4, -0.2) is 29.1 Å². The molecule has 2 aromatic carbocycles. The highest BCUT2D eigenvalue weighted by Crippen LogP contribution is 2.23. The van der Waals surface area contributed by atoms with Gasteiger partial charge in [-0.15, -0.1) is 0 Å². The summed E-state index contributed by atoms with van der Waals surface area (Å²) in [6, 6.07) is 18.7. The molecule has 116 valence electrons. The maximum absolute atomic E-state index is 5.96. The third-order valence-electron chi connectivity index (χ3n) is 4.33. The van der Waals surface area contributed by atoms with E-state index in [1.165, 1.54) is 16.5 Å². The van der Waals surface area contributed by atoms with Gasteiger partial charge in [0.25, 0.3) is 0 Å². The van der Waals surface area contributed by atoms with E-state index in [0.717, 1.165) is 30.9 Å². The molecule has 4 rings (SSSR count). The van der Waals surface area contributed by atoms with Gasteiger partial charge in [0.1, 0.15) is 11.9 Å². The summed E-state index contributed by atoms with van der Waals surface area (Å²) in [4.78, 5) is 6.88. The van der Waals surface area contributed by atoms with Crippen LogP contribution in [-0.2, 0) is 6.54 Å². The lowest BCUT2D eigenvalue weighted by atomic mass is 10.0. The highest BCUT2D eigenvalue weighted by molar-refractivity contribution is 5.82. The molecule has 0 amide bonds. The van der Waals surface area contributed by atoms with Crippen LogP contribution in [0.4, 0.5) is 0 Å². The summed E-state index contributed by atoms with van der Waals surface area (Å²) in [5.41, 5.74) is 3.70. The maximum atomic E-state index is 5.96. The molecule has 0 N–H and O–H groups in total. The molecule has 3 nitrogen and oxygen atoms in total. The number of rotatable bonds is 4. The number of nitrogens with zero attached hydrogens (tertiary/aromatic N) is 2. The zero-order chi connectivity index (χ0) is 15.6. The van der Waals surface area contributed by atoms with E-state index in [4.69, 9.17) is 4.74 Å². The van der Waals surface area contributed by atoms with Crippen molar-refractivity contribution in [3.8, 4) is 5.75 Å². The Balaban J connectivity index is 1.39. The molecule has 0 unspecified atom stereocenters. The average molecular weight is 304 g/mol. The monoisotopic (exact) mass is 304 g/mol. The number of aromatic nitrogens is 1. The Morgan fingerprint density at radius 3 is 2.74 bits per heavy atom. The fraction of sp³-hybridized carbons (Fsp3) is 0.250. The minimum Gasteiger partial charge on any atom is -0.488 e. The van der Waals surface area contributed by atoms with Gasteiger partial charge in [-0.2, -0.15) is 0 Å². The van der Waals surface area contributed by atoms with Crippen molar-refractivity contribution in [2.75, 3.05) is 13.1 Å². The molecule has 0 aliphatic carbocycles. The third kappa shape index (κ3) is 3.06. The van der Waals surface area contributed by atoms with Crippen molar-refractivity contribution in [1.82, 2.24) is 9.88 Å². The maximum Gasteiger partial charge on any atom is 0.124 e. The lowest BCUT2D eigenvalue weighted by molar-refractivity contribution is 0.0146. The summed E-state index contributed by atoms with van der Waals surface area (Å²) in [5, 5.41) is 1.22. The fourth-order valence-electron chi connectivity index (χ4n) is 3.22. The van der Waals surface area contributed by atoms with Crippen LogP contribution in [0.3, 0.4) is 0 Å². The van der Waals surface area contributed by atoms with Gasteiger partial charge in [-0.1, -0.05) is 30.3 Å². The Kier molecular flexibility index (Phi) is 3.72. The number of fused-ring (bicyclic) bond motifs is 1. The SMILES string of the molecule is Cc1cc(CN2CC(Oc3ccccc3)C2)cc2cccnc12. The summed E-state index contributed by atoms with van der Waals surface area (Å²) in [6.07, 6.45) is 2.16. The third-order valence-corrected chi connectivity index (χ3v) is 4.33. The van der Waals surface area contributed by atoms with Crippen LogP contribution in [0.15, 0.2) is 60.8 Å². The number of para-hydroxylation sites is 1. The predicted molar refractivity (Wildman–Crippen MR) is 92.6 cm³/mol. The van der Waals surface area contributed by atoms with E-state index in [2.05, 4.69) is 35.0 Å². The summed E-state index contributed by atoms with van der Waals surface area (Å²) in [5.74, 6) is 0.963. The van der Waals surface area contributed by atoms with Gasteiger partial charge in [-0.3, -0.25) is 9.88 Å². The second kappa shape index (κ2) is 6.01. The van der Waals surface area contributed by atoms with Gasteiger partial charge in [0, 0.05) is 31.2 Å². The van der Waals surface area contributed by atoms with Gasteiger partial charge in [0.2, 0.25) is 0 Å². The first kappa shape index (κ1) is 14.2. The molecule has 0 bridgehead atoms. The molecule has 0 saturated carbocycles. The Bertz CT molecular complexity index is 810. The van der Waals surface area contributed by atoms with E-state index >= 15 is 0 Å². The summed E-state index contributed by atoms with van der Waals surface area (Å²) >= 11 is 0. The first-order valence-electron chi connectivity index (χ1n) is 8.06. The van der Waals surface area contributed by atoms with Gasteiger partial charge in [0.15, 0.2) is 0 Å². The van der Waals surface area contributed by atoms with E-state index in [-0.39, 0.29) is 0 Å². The fourth-order valence-corrected chi connectivity index (χ4v) is 3.22. The van der Waals surface area contributed by atoms with E-state index < -0.39 is 0 Å². The highest BCUT2D eigenvalue weighted by atomic mass is 16.5. The Labute approximate surface area is 136 Å². The van der Waals surface area contributed by atoms with Crippen LogP contribution < -0.4 is 4.74 Å². The van der Waals surface area contributed by atoms with Crippen molar-refractivity contribution < 1.29 is 4.74 Å². The van der Waals surface area contributed by atoms with Crippen LogP contribution in [0.2, 0.25) is 0 Å². The molecule has 1 fully saturated rings. The molecular weight excluding hydrogens is 284 g/mol. The molecule has 1 aliphatic heterocycles. The van der Waals surface area contributed by atoms with Crippen molar-refractivity contribution in [2.24, 2.45) is 0 Å². The Morgan fingerprint density at radius 1 is 1.09 bits per heavy atom. The van der Waals surface area contributed by atoms with Gasteiger partial charge in [-0.25, -0.2) is 0 Å². The van der Waals surface area contributed by atoms with Gasteiger partial charge < -0.3 is 4.74 Å². The summed E-state index contributed by atoms with van der Waals surface area (Å²) in [6.45, 7) is 5.08. The normalized spacial score (nSPS) is 15.5. The number of hydrogen-bond donors (Lipinski definition) is 0. The van der Waals surface area contributed by atoms with E-state index in [1.807, 2.05) is 42.6 Å². The molecular formula is C20H20N2O. The van der Waals surface area contributed by atoms with Crippen LogP contribution in [0.25, 0.3) is 10.9 Å². The molecule has 3 heteroatoms. The smallest absolute Gasteiger partial charge is 0.124 e. The number of ether oxygens (including phenoxy) is 1. The molecule has 0 spiro atoms. The Hall–Kier alpha value is -2.39. The van der Waals surface area contributed by atoms with Crippen molar-refractivity contribution in [3.05, 3.63) is 71.9 Å². The van der Waals surface area contributed by atoms with Crippen molar-refractivity contribution in [1.29, 1.82) is 0 Å². The molecule has 1 saturated heterocycles. The van der Waals surface area contributed by atoms with Crippen LogP contribution in [0.1, 0.15) is 11.1 Å². The van der Waals surface area contributed by atoms with Crippen molar-refractivity contribution in [2.45, 2.75) is 19.6 Å². The minimum absolute atomic E-state index is 0.306. The topological polar surface area (TPSA) is 25.4 Å². The number of aryl methyl sites for hydroxylation is 1. The van der Waals surface area contributed by atoms with E-state index in [0.29, 0.717) is 6.10 Å². The largest absolute Gasteiger partial charge is 0.488 e. The molecule has 2 heterocycles. The highest BCUT2D eigenvalue weighted by Gasteiger charge is 2.28. The van der Waals surface area contributed by atoms with Gasteiger partial charge in [0.05, 0.1) is 5.52 Å². The molecule has 1 aromatic heterocycles. The molecule has 0 atom stereocenters. The van der Waals surface area contributed by atoms with Gasteiger partial charge in [-0.05, 0) is 42.3 Å². The summed E-state index contributed by atoms with van der Waals surface area (Å²) < 4.78 is 5.96. The molecule has 3 aromatic rings. The Morgan fingerprint density at radius 2 is 1.91 bits per heavy atom. The number of likely N-dealkylation sites (tertiary alicyclic amines) is 1. The zero-order valence-electron chi connectivity index (χ0n) is 13.3. The molecule has 23 heavy (non-hydrogen) atoms. The second-order valence-electron chi connectivity index (χ2n) is 6.23. The number of pyridine rings is 1. The zero-order valence-corrected chi connectivity index (χ0v) is 13.3. The van der Waals surface area contributed by atoms with Crippen LogP contribution >= 0.6 is 0 Å². The summed E-state index contributed by atoms with van der Waals surface area (Å²) in [7, 11) is 0. The first-order valence-corrected chi connectivity index (χ1v) is 8.06. The lowest BCUT2D eigenvalue weighted by Crippen LogP contribution is -2.53. The van der Waals surface area contributed by atoms with Crippen LogP contribution in [0, 0.1) is 6.92 Å². The number of benzene rings is 2. The van der Waals surface area contributed by atoms with E-state index in [1.54, 1.807) is 0 Å². The van der Waals surface area contributed by atoms with Crippen molar-refractivity contribution in [3.63, 3.8) is 0 Å². The van der Waals surface area contributed by atoms with Crippen molar-refractivity contribution >= 4 is 10.9 Å². The van der Waals surface area contributed by atoms with E-state index in [9.17, 15) is 0 Å². The molecule has 1 aliphatic rings. The first-order chi connectivity index (χ1) is 11.3. The lowest BCUT2D eigenvalue weighted by Gasteiger charge is -2.39. The average Bonchev–Trinajstić information content (AvgIpc) is 2.54. The quantitative estimate of drug-likeness (QED) is 0.733. The minimum atomic E-state index is 0.306. The molecule has 0 radical (unpaired) electrons. The van der Waals surface area contributed by atoms with Gasteiger partial charge >= 0.3 is 0 Å².